The van der Waals surface area contributed by atoms with Crippen LogP contribution in [-0.4, -0.2) is 23.1 Å². The van der Waals surface area contributed by atoms with Crippen LogP contribution in [0.3, 0.4) is 0 Å². The van der Waals surface area contributed by atoms with Crippen molar-refractivity contribution in [2.45, 2.75) is 6.92 Å². The third kappa shape index (κ3) is 3.09. The van der Waals surface area contributed by atoms with Crippen LogP contribution in [-0.2, 0) is 0 Å². The van der Waals surface area contributed by atoms with Crippen molar-refractivity contribution in [2.24, 2.45) is 0 Å². The summed E-state index contributed by atoms with van der Waals surface area (Å²) in [6.07, 6.45) is 0. The Hall–Kier alpha value is 0.276. The minimum atomic E-state index is 0. The van der Waals surface area contributed by atoms with E-state index in [1.165, 1.54) is 5.56 Å². The number of hydrogen-bond donors (Lipinski definition) is 0. The first-order valence-electron chi connectivity index (χ1n) is 2.51. The molecule has 0 radical (unpaired) electrons. The monoisotopic (exact) mass is 152 g/mol. The average Bonchev–Trinajstić information content (AvgIpc) is 1.77. The standard InChI is InChI=1S/C7H7Cl.Mg.2H/c1-6-2-4-7(8)5-3-6;;;/h2-5H,1H3;;;/q;+2;2*-1. The molecule has 0 aliphatic carbocycles. The molecule has 2 heteroatoms. The van der Waals surface area contributed by atoms with Gasteiger partial charge in [0.25, 0.3) is 0 Å². The fourth-order valence-electron chi connectivity index (χ4n) is 0.533. The summed E-state index contributed by atoms with van der Waals surface area (Å²) < 4.78 is 0. The second-order valence-electron chi connectivity index (χ2n) is 1.80. The summed E-state index contributed by atoms with van der Waals surface area (Å²) in [5, 5.41) is 0.801. The van der Waals surface area contributed by atoms with Crippen LogP contribution in [0.4, 0.5) is 0 Å². The summed E-state index contributed by atoms with van der Waals surface area (Å²) in [6.45, 7) is 2.04. The minimum Gasteiger partial charge on any atom is -1.00 e. The molecule has 46 valence electrons. The minimum absolute atomic E-state index is 0. The van der Waals surface area contributed by atoms with Gasteiger partial charge < -0.3 is 2.85 Å². The summed E-state index contributed by atoms with van der Waals surface area (Å²) in [4.78, 5) is 0. The molecule has 1 rings (SSSR count). The van der Waals surface area contributed by atoms with Crippen molar-refractivity contribution in [3.63, 3.8) is 0 Å². The van der Waals surface area contributed by atoms with E-state index in [0.29, 0.717) is 0 Å². The number of benzene rings is 1. The summed E-state index contributed by atoms with van der Waals surface area (Å²) in [5.41, 5.74) is 1.24. The molecule has 0 atom stereocenters. The van der Waals surface area contributed by atoms with E-state index in [1.807, 2.05) is 31.2 Å². The predicted molar refractivity (Wildman–Crippen MR) is 44.2 cm³/mol. The molecule has 1 aromatic carbocycles. The second-order valence-corrected chi connectivity index (χ2v) is 2.23. The summed E-state index contributed by atoms with van der Waals surface area (Å²) in [7, 11) is 0. The molecule has 0 heterocycles. The smallest absolute Gasteiger partial charge is 1.00 e. The van der Waals surface area contributed by atoms with E-state index in [0.717, 1.165) is 5.02 Å². The van der Waals surface area contributed by atoms with Gasteiger partial charge in [-0.15, -0.1) is 0 Å². The Morgan fingerprint density at radius 2 is 1.67 bits per heavy atom. The zero-order chi connectivity index (χ0) is 5.98. The molecule has 0 aliphatic heterocycles. The molecular weight excluding hydrogens is 144 g/mol. The Labute approximate surface area is 79.3 Å². The number of hydrogen-bond acceptors (Lipinski definition) is 0. The van der Waals surface area contributed by atoms with Crippen molar-refractivity contribution in [1.29, 1.82) is 0 Å². The maximum absolute atomic E-state index is 5.61. The molecule has 0 fully saturated rings. The Kier molecular flexibility index (Phi) is 4.28. The fraction of sp³-hybridized carbons (Fsp3) is 0.143. The molecule has 0 nitrogen and oxygen atoms in total. The molecule has 0 unspecified atom stereocenters. The molecular formula is C7H9ClMg. The van der Waals surface area contributed by atoms with E-state index < -0.39 is 0 Å². The van der Waals surface area contributed by atoms with Crippen LogP contribution >= 0.6 is 11.6 Å². The average molecular weight is 153 g/mol. The SMILES string of the molecule is Cc1ccc(Cl)cc1.[H-].[H-].[Mg+2]. The van der Waals surface area contributed by atoms with Gasteiger partial charge in [0, 0.05) is 5.02 Å². The first-order valence-corrected chi connectivity index (χ1v) is 2.89. The number of aryl methyl sites for hydroxylation is 1. The Morgan fingerprint density at radius 3 is 2.00 bits per heavy atom. The van der Waals surface area contributed by atoms with Gasteiger partial charge in [0.2, 0.25) is 0 Å². The molecule has 0 spiro atoms. The second kappa shape index (κ2) is 4.15. The summed E-state index contributed by atoms with van der Waals surface area (Å²) in [6, 6.07) is 7.75. The molecule has 0 N–H and O–H groups in total. The van der Waals surface area contributed by atoms with Crippen molar-refractivity contribution in [3.05, 3.63) is 34.9 Å². The molecule has 0 amide bonds. The maximum atomic E-state index is 5.61. The van der Waals surface area contributed by atoms with Crippen molar-refractivity contribution >= 4 is 34.7 Å². The third-order valence-corrected chi connectivity index (χ3v) is 1.26. The first-order chi connectivity index (χ1) is 3.79. The van der Waals surface area contributed by atoms with E-state index >= 15 is 0 Å². The Balaban J connectivity index is -0.000000213. The normalized spacial score (nSPS) is 8.22. The van der Waals surface area contributed by atoms with Crippen molar-refractivity contribution in [3.8, 4) is 0 Å². The van der Waals surface area contributed by atoms with Crippen molar-refractivity contribution in [2.75, 3.05) is 0 Å². The molecule has 0 bridgehead atoms. The van der Waals surface area contributed by atoms with E-state index in [4.69, 9.17) is 11.6 Å². The van der Waals surface area contributed by atoms with Gasteiger partial charge in [-0.2, -0.15) is 0 Å². The fourth-order valence-corrected chi connectivity index (χ4v) is 0.659. The Morgan fingerprint density at radius 1 is 1.22 bits per heavy atom. The summed E-state index contributed by atoms with van der Waals surface area (Å²) in [5.74, 6) is 0. The van der Waals surface area contributed by atoms with Crippen LogP contribution < -0.4 is 0 Å². The van der Waals surface area contributed by atoms with Gasteiger partial charge in [-0.3, -0.25) is 0 Å². The molecule has 1 aromatic rings. The van der Waals surface area contributed by atoms with Crippen LogP contribution in [0, 0.1) is 6.92 Å². The molecule has 9 heavy (non-hydrogen) atoms. The van der Waals surface area contributed by atoms with E-state index in [9.17, 15) is 0 Å². The van der Waals surface area contributed by atoms with Gasteiger partial charge in [0.15, 0.2) is 0 Å². The Bertz CT molecular complexity index is 155. The zero-order valence-electron chi connectivity index (χ0n) is 7.39. The quantitative estimate of drug-likeness (QED) is 0.502. The van der Waals surface area contributed by atoms with E-state index in [2.05, 4.69) is 0 Å². The van der Waals surface area contributed by atoms with Crippen LogP contribution in [0.25, 0.3) is 0 Å². The number of halogens is 1. The first kappa shape index (κ1) is 9.28. The van der Waals surface area contributed by atoms with Gasteiger partial charge in [-0.25, -0.2) is 0 Å². The molecule has 0 aromatic heterocycles. The van der Waals surface area contributed by atoms with Gasteiger partial charge >= 0.3 is 23.1 Å². The van der Waals surface area contributed by atoms with Gasteiger partial charge in [0.05, 0.1) is 0 Å². The van der Waals surface area contributed by atoms with Crippen molar-refractivity contribution < 1.29 is 2.85 Å². The zero-order valence-corrected chi connectivity index (χ0v) is 7.56. The van der Waals surface area contributed by atoms with Gasteiger partial charge in [0.1, 0.15) is 0 Å². The predicted octanol–water partition coefficient (Wildman–Crippen LogP) is 2.49. The molecule has 0 saturated carbocycles. The van der Waals surface area contributed by atoms with Crippen molar-refractivity contribution in [1.82, 2.24) is 0 Å². The molecule has 0 saturated heterocycles. The topological polar surface area (TPSA) is 0 Å². The van der Waals surface area contributed by atoms with Gasteiger partial charge in [-0.05, 0) is 19.1 Å². The van der Waals surface area contributed by atoms with E-state index in [1.54, 1.807) is 0 Å². The van der Waals surface area contributed by atoms with Gasteiger partial charge in [-0.1, -0.05) is 29.3 Å². The maximum Gasteiger partial charge on any atom is 2.00 e. The van der Waals surface area contributed by atoms with E-state index in [-0.39, 0.29) is 25.9 Å². The van der Waals surface area contributed by atoms with Crippen LogP contribution in [0.2, 0.25) is 5.02 Å². The number of rotatable bonds is 0. The summed E-state index contributed by atoms with van der Waals surface area (Å²) >= 11 is 5.61. The van der Waals surface area contributed by atoms with Crippen LogP contribution in [0.15, 0.2) is 24.3 Å². The largest absolute Gasteiger partial charge is 2.00 e. The molecule has 0 aliphatic rings. The van der Waals surface area contributed by atoms with Crippen LogP contribution in [0.1, 0.15) is 8.42 Å². The third-order valence-electron chi connectivity index (χ3n) is 1.01. The van der Waals surface area contributed by atoms with Crippen LogP contribution in [0.5, 0.6) is 0 Å².